The van der Waals surface area contributed by atoms with Gasteiger partial charge in [-0.1, -0.05) is 34.4 Å². The fourth-order valence-corrected chi connectivity index (χ4v) is 3.24. The van der Waals surface area contributed by atoms with Crippen molar-refractivity contribution in [2.24, 2.45) is 0 Å². The van der Waals surface area contributed by atoms with Gasteiger partial charge in [0.2, 0.25) is 6.79 Å². The highest BCUT2D eigenvalue weighted by molar-refractivity contribution is 6.36. The quantitative estimate of drug-likeness (QED) is 0.671. The smallest absolute Gasteiger partial charge is 0.273 e. The van der Waals surface area contributed by atoms with Crippen LogP contribution in [0.25, 0.3) is 11.3 Å². The van der Waals surface area contributed by atoms with E-state index in [-0.39, 0.29) is 24.4 Å². The molecule has 1 atom stereocenters. The molecule has 6 nitrogen and oxygen atoms in total. The van der Waals surface area contributed by atoms with Crippen molar-refractivity contribution >= 4 is 29.1 Å². The maximum absolute atomic E-state index is 12.5. The molecule has 138 valence electrons. The Bertz CT molecular complexity index is 1020. The predicted molar refractivity (Wildman–Crippen MR) is 100 cm³/mol. The Morgan fingerprint density at radius 3 is 2.74 bits per heavy atom. The number of nitrogens with zero attached hydrogens (tertiary/aromatic N) is 1. The highest BCUT2D eigenvalue weighted by atomic mass is 35.5. The largest absolute Gasteiger partial charge is 0.454 e. The van der Waals surface area contributed by atoms with Crippen LogP contribution in [-0.4, -0.2) is 17.9 Å². The number of carbonyl (C=O) groups excluding carboxylic acids is 1. The average molecular weight is 405 g/mol. The summed E-state index contributed by atoms with van der Waals surface area (Å²) in [6.45, 7) is 2.07. The maximum atomic E-state index is 12.5. The molecule has 0 spiro atoms. The van der Waals surface area contributed by atoms with Gasteiger partial charge >= 0.3 is 0 Å². The summed E-state index contributed by atoms with van der Waals surface area (Å²) in [5, 5.41) is 7.65. The van der Waals surface area contributed by atoms with Crippen molar-refractivity contribution in [3.05, 3.63) is 63.8 Å². The molecule has 0 radical (unpaired) electrons. The van der Waals surface area contributed by atoms with Crippen LogP contribution in [-0.2, 0) is 0 Å². The predicted octanol–water partition coefficient (Wildman–Crippen LogP) is 4.87. The number of carbonyl (C=O) groups is 1. The topological polar surface area (TPSA) is 73.6 Å². The van der Waals surface area contributed by atoms with Gasteiger partial charge in [-0.05, 0) is 42.8 Å². The van der Waals surface area contributed by atoms with Gasteiger partial charge in [0.1, 0.15) is 0 Å². The molecule has 0 saturated heterocycles. The van der Waals surface area contributed by atoms with Gasteiger partial charge in [0.15, 0.2) is 23.0 Å². The van der Waals surface area contributed by atoms with E-state index >= 15 is 0 Å². The number of fused-ring (bicyclic) bond motifs is 1. The van der Waals surface area contributed by atoms with Crippen molar-refractivity contribution in [2.75, 3.05) is 6.79 Å². The second-order valence-corrected chi connectivity index (χ2v) is 6.85. The zero-order valence-electron chi connectivity index (χ0n) is 14.2. The lowest BCUT2D eigenvalue weighted by Crippen LogP contribution is -2.26. The maximum Gasteiger partial charge on any atom is 0.273 e. The number of nitrogens with one attached hydrogen (secondary N) is 1. The molecular formula is C19H14Cl2N2O4. The Morgan fingerprint density at radius 1 is 1.11 bits per heavy atom. The SMILES string of the molecule is C[C@@H](NC(=O)c1cc(-c2ccc(Cl)cc2Cl)on1)c1ccc2c(c1)OCO2. The van der Waals surface area contributed by atoms with Crippen molar-refractivity contribution in [1.82, 2.24) is 10.5 Å². The molecule has 27 heavy (non-hydrogen) atoms. The fourth-order valence-electron chi connectivity index (χ4n) is 2.73. The minimum Gasteiger partial charge on any atom is -0.454 e. The molecular weight excluding hydrogens is 391 g/mol. The molecule has 1 N–H and O–H groups in total. The highest BCUT2D eigenvalue weighted by Crippen LogP contribution is 2.34. The molecule has 2 aromatic carbocycles. The van der Waals surface area contributed by atoms with E-state index in [1.807, 2.05) is 25.1 Å². The zero-order valence-corrected chi connectivity index (χ0v) is 15.7. The van der Waals surface area contributed by atoms with E-state index in [2.05, 4.69) is 10.5 Å². The molecule has 0 saturated carbocycles. The van der Waals surface area contributed by atoms with Crippen LogP contribution in [0, 0.1) is 0 Å². The highest BCUT2D eigenvalue weighted by Gasteiger charge is 2.20. The van der Waals surface area contributed by atoms with Gasteiger partial charge in [0.05, 0.1) is 11.1 Å². The van der Waals surface area contributed by atoms with Crippen molar-refractivity contribution < 1.29 is 18.8 Å². The van der Waals surface area contributed by atoms with E-state index in [0.717, 1.165) is 5.56 Å². The summed E-state index contributed by atoms with van der Waals surface area (Å²) in [4.78, 5) is 12.5. The van der Waals surface area contributed by atoms with E-state index in [1.54, 1.807) is 18.2 Å². The zero-order chi connectivity index (χ0) is 19.0. The van der Waals surface area contributed by atoms with E-state index in [1.165, 1.54) is 6.07 Å². The van der Waals surface area contributed by atoms with E-state index in [4.69, 9.17) is 37.2 Å². The first kappa shape index (κ1) is 17.7. The summed E-state index contributed by atoms with van der Waals surface area (Å²) >= 11 is 12.1. The van der Waals surface area contributed by atoms with Crippen LogP contribution in [0.4, 0.5) is 0 Å². The Labute approximate surface area is 165 Å². The Kier molecular flexibility index (Phi) is 4.68. The molecule has 1 aliphatic heterocycles. The monoisotopic (exact) mass is 404 g/mol. The summed E-state index contributed by atoms with van der Waals surface area (Å²) in [5.74, 6) is 1.38. The lowest BCUT2D eigenvalue weighted by atomic mass is 10.1. The van der Waals surface area contributed by atoms with Crippen molar-refractivity contribution in [2.45, 2.75) is 13.0 Å². The molecule has 8 heteroatoms. The fraction of sp³-hybridized carbons (Fsp3) is 0.158. The van der Waals surface area contributed by atoms with Crippen LogP contribution in [0.5, 0.6) is 11.5 Å². The number of hydrogen-bond donors (Lipinski definition) is 1. The lowest BCUT2D eigenvalue weighted by molar-refractivity contribution is 0.0930. The third-order valence-corrected chi connectivity index (χ3v) is 4.73. The molecule has 2 heterocycles. The Balaban J connectivity index is 1.49. The van der Waals surface area contributed by atoms with Gasteiger partial charge in [0, 0.05) is 16.7 Å². The van der Waals surface area contributed by atoms with Gasteiger partial charge in [0.25, 0.3) is 5.91 Å². The first-order chi connectivity index (χ1) is 13.0. The third kappa shape index (κ3) is 3.59. The van der Waals surface area contributed by atoms with Gasteiger partial charge in [-0.15, -0.1) is 0 Å². The standard InChI is InChI=1S/C19H14Cl2N2O4/c1-10(11-2-5-16-18(6-11)26-9-25-16)22-19(24)15-8-17(27-23-15)13-4-3-12(20)7-14(13)21/h2-8,10H,9H2,1H3,(H,22,24)/t10-/m1/s1. The molecule has 0 unspecified atom stereocenters. The second-order valence-electron chi connectivity index (χ2n) is 6.01. The van der Waals surface area contributed by atoms with Crippen LogP contribution in [0.3, 0.4) is 0 Å². The van der Waals surface area contributed by atoms with E-state index < -0.39 is 0 Å². The lowest BCUT2D eigenvalue weighted by Gasteiger charge is -2.13. The normalized spacial score (nSPS) is 13.4. The number of benzene rings is 2. The minimum atomic E-state index is -0.361. The Morgan fingerprint density at radius 2 is 1.93 bits per heavy atom. The van der Waals surface area contributed by atoms with Crippen LogP contribution in [0.2, 0.25) is 10.0 Å². The van der Waals surface area contributed by atoms with Crippen LogP contribution < -0.4 is 14.8 Å². The summed E-state index contributed by atoms with van der Waals surface area (Å²) in [6, 6.07) is 11.8. The summed E-state index contributed by atoms with van der Waals surface area (Å²) in [7, 11) is 0. The molecule has 1 aliphatic rings. The summed E-state index contributed by atoms with van der Waals surface area (Å²) in [6.07, 6.45) is 0. The molecule has 1 amide bonds. The van der Waals surface area contributed by atoms with Crippen LogP contribution in [0.1, 0.15) is 29.0 Å². The molecule has 0 bridgehead atoms. The Hall–Kier alpha value is -2.70. The van der Waals surface area contributed by atoms with Gasteiger partial charge < -0.3 is 19.3 Å². The molecule has 0 aliphatic carbocycles. The number of aromatic nitrogens is 1. The number of amides is 1. The van der Waals surface area contributed by atoms with Crippen molar-refractivity contribution in [1.29, 1.82) is 0 Å². The second kappa shape index (κ2) is 7.13. The first-order valence-electron chi connectivity index (χ1n) is 8.14. The minimum absolute atomic E-state index is 0.156. The van der Waals surface area contributed by atoms with E-state index in [9.17, 15) is 4.79 Å². The number of halogens is 2. The molecule has 4 rings (SSSR count). The molecule has 1 aromatic heterocycles. The van der Waals surface area contributed by atoms with Gasteiger partial charge in [-0.3, -0.25) is 4.79 Å². The average Bonchev–Trinajstić information content (AvgIpc) is 3.30. The van der Waals surface area contributed by atoms with Crippen molar-refractivity contribution in [3.63, 3.8) is 0 Å². The third-order valence-electron chi connectivity index (χ3n) is 4.18. The van der Waals surface area contributed by atoms with Gasteiger partial charge in [-0.25, -0.2) is 0 Å². The summed E-state index contributed by atoms with van der Waals surface area (Å²) in [5.41, 5.74) is 1.65. The number of ether oxygens (including phenoxy) is 2. The van der Waals surface area contributed by atoms with Crippen LogP contribution >= 0.6 is 23.2 Å². The molecule has 0 fully saturated rings. The van der Waals surface area contributed by atoms with E-state index in [0.29, 0.717) is 32.9 Å². The number of rotatable bonds is 4. The van der Waals surface area contributed by atoms with Gasteiger partial charge in [-0.2, -0.15) is 0 Å². The van der Waals surface area contributed by atoms with Crippen molar-refractivity contribution in [3.8, 4) is 22.8 Å². The first-order valence-corrected chi connectivity index (χ1v) is 8.89. The molecule has 3 aromatic rings. The summed E-state index contributed by atoms with van der Waals surface area (Å²) < 4.78 is 15.9. The number of hydrogen-bond acceptors (Lipinski definition) is 5. The van der Waals surface area contributed by atoms with Crippen LogP contribution in [0.15, 0.2) is 47.0 Å².